The normalized spacial score (nSPS) is 14.1. The maximum atomic E-state index is 5.13. The zero-order chi connectivity index (χ0) is 7.11. The summed E-state index contributed by atoms with van der Waals surface area (Å²) in [6.45, 7) is 4.45. The number of nitrogens with two attached hydrogens (primary N) is 1. The molecular weight excluding hydrogens is 116 g/mol. The molecule has 0 amide bonds. The van der Waals surface area contributed by atoms with Crippen LogP contribution < -0.4 is 5.73 Å². The molecule has 0 aromatic carbocycles. The zero-order valence-corrected chi connectivity index (χ0v) is 6.00. The highest BCUT2D eigenvalue weighted by molar-refractivity contribution is 5.58. The van der Waals surface area contributed by atoms with Gasteiger partial charge in [0.1, 0.15) is 6.10 Å². The number of hydrogen-bond donors (Lipinski definition) is 1. The Kier molecular flexibility index (Phi) is 5.21. The van der Waals surface area contributed by atoms with Gasteiger partial charge in [-0.15, -0.1) is 0 Å². The van der Waals surface area contributed by atoms with Crippen LogP contribution in [0.1, 0.15) is 20.3 Å². The predicted molar refractivity (Wildman–Crippen MR) is 38.4 cm³/mol. The molecule has 0 aliphatic rings. The van der Waals surface area contributed by atoms with E-state index < -0.39 is 0 Å². The monoisotopic (exact) mass is 130 g/mol. The van der Waals surface area contributed by atoms with Crippen LogP contribution in [0.25, 0.3) is 0 Å². The van der Waals surface area contributed by atoms with Gasteiger partial charge in [-0.1, -0.05) is 12.1 Å². The molecule has 0 heterocycles. The fourth-order valence-corrected chi connectivity index (χ4v) is 0.264. The summed E-state index contributed by atoms with van der Waals surface area (Å²) >= 11 is 0. The van der Waals surface area contributed by atoms with Crippen LogP contribution in [0.15, 0.2) is 5.16 Å². The molecule has 0 aliphatic heterocycles. The minimum atomic E-state index is 0.202. The third-order valence-electron chi connectivity index (χ3n) is 0.996. The molecule has 1 unspecified atom stereocenters. The Morgan fingerprint density at radius 2 is 2.44 bits per heavy atom. The van der Waals surface area contributed by atoms with Crippen molar-refractivity contribution in [2.24, 2.45) is 10.9 Å². The lowest BCUT2D eigenvalue weighted by molar-refractivity contribution is 0.0709. The molecule has 0 bridgehead atoms. The molecule has 0 spiro atoms. The molecule has 0 fully saturated rings. The van der Waals surface area contributed by atoms with Gasteiger partial charge in [-0.3, -0.25) is 0 Å². The number of oxime groups is 1. The maximum Gasteiger partial charge on any atom is 0.124 e. The second kappa shape index (κ2) is 5.56. The Hall–Kier alpha value is -0.570. The Balaban J connectivity index is 3.15. The molecule has 0 radical (unpaired) electrons. The zero-order valence-electron chi connectivity index (χ0n) is 6.00. The summed E-state index contributed by atoms with van der Waals surface area (Å²) < 4.78 is 0. The standard InChI is InChI=1S/C6H14N2O/c1-3-6(2)9-8-5-4-7/h5-6H,3-4,7H2,1-2H3. The molecule has 0 saturated heterocycles. The van der Waals surface area contributed by atoms with Crippen molar-refractivity contribution < 1.29 is 4.84 Å². The van der Waals surface area contributed by atoms with Crippen LogP contribution >= 0.6 is 0 Å². The molecule has 2 N–H and O–H groups in total. The summed E-state index contributed by atoms with van der Waals surface area (Å²) in [5.41, 5.74) is 5.13. The molecule has 0 aromatic heterocycles. The summed E-state index contributed by atoms with van der Waals surface area (Å²) in [6.07, 6.45) is 2.72. The van der Waals surface area contributed by atoms with E-state index in [1.807, 2.05) is 13.8 Å². The van der Waals surface area contributed by atoms with Crippen LogP contribution in [0.2, 0.25) is 0 Å². The lowest BCUT2D eigenvalue weighted by Gasteiger charge is -2.03. The molecule has 3 nitrogen and oxygen atoms in total. The van der Waals surface area contributed by atoms with E-state index in [1.54, 1.807) is 6.21 Å². The van der Waals surface area contributed by atoms with E-state index in [9.17, 15) is 0 Å². The van der Waals surface area contributed by atoms with Gasteiger partial charge in [-0.05, 0) is 13.3 Å². The first kappa shape index (κ1) is 8.43. The van der Waals surface area contributed by atoms with Crippen molar-refractivity contribution in [3.63, 3.8) is 0 Å². The number of nitrogens with zero attached hydrogens (tertiary/aromatic N) is 1. The van der Waals surface area contributed by atoms with Gasteiger partial charge in [0.2, 0.25) is 0 Å². The van der Waals surface area contributed by atoms with Crippen LogP contribution in [0.4, 0.5) is 0 Å². The van der Waals surface area contributed by atoms with Crippen LogP contribution in [-0.2, 0) is 4.84 Å². The Morgan fingerprint density at radius 1 is 1.78 bits per heavy atom. The third kappa shape index (κ3) is 5.30. The summed E-state index contributed by atoms with van der Waals surface area (Å²) in [5.74, 6) is 0. The highest BCUT2D eigenvalue weighted by Crippen LogP contribution is 1.94. The minimum absolute atomic E-state index is 0.202. The van der Waals surface area contributed by atoms with Crippen LogP contribution in [0.5, 0.6) is 0 Å². The van der Waals surface area contributed by atoms with Crippen LogP contribution in [0, 0.1) is 0 Å². The largest absolute Gasteiger partial charge is 0.393 e. The Labute approximate surface area is 55.9 Å². The van der Waals surface area contributed by atoms with Gasteiger partial charge in [0.25, 0.3) is 0 Å². The molecule has 54 valence electrons. The fraction of sp³-hybridized carbons (Fsp3) is 0.833. The van der Waals surface area contributed by atoms with Gasteiger partial charge in [-0.2, -0.15) is 0 Å². The third-order valence-corrected chi connectivity index (χ3v) is 0.996. The predicted octanol–water partition coefficient (Wildman–Crippen LogP) is 0.746. The maximum absolute atomic E-state index is 5.13. The Morgan fingerprint density at radius 3 is 2.89 bits per heavy atom. The smallest absolute Gasteiger partial charge is 0.124 e. The number of rotatable bonds is 4. The quantitative estimate of drug-likeness (QED) is 0.451. The molecule has 0 aromatic rings. The van der Waals surface area contributed by atoms with Gasteiger partial charge < -0.3 is 10.6 Å². The first-order valence-electron chi connectivity index (χ1n) is 3.19. The number of hydrogen-bond acceptors (Lipinski definition) is 3. The Bertz CT molecular complexity index is 83.1. The average molecular weight is 130 g/mol. The van der Waals surface area contributed by atoms with Gasteiger partial charge >= 0.3 is 0 Å². The summed E-state index contributed by atoms with van der Waals surface area (Å²) in [7, 11) is 0. The van der Waals surface area contributed by atoms with E-state index in [-0.39, 0.29) is 6.10 Å². The molecule has 0 aliphatic carbocycles. The fourth-order valence-electron chi connectivity index (χ4n) is 0.264. The summed E-state index contributed by atoms with van der Waals surface area (Å²) in [5, 5.41) is 3.61. The molecule has 0 saturated carbocycles. The van der Waals surface area contributed by atoms with Crippen LogP contribution in [0.3, 0.4) is 0 Å². The van der Waals surface area contributed by atoms with E-state index >= 15 is 0 Å². The molecular formula is C6H14N2O. The van der Waals surface area contributed by atoms with Crippen molar-refractivity contribution in [1.29, 1.82) is 0 Å². The average Bonchev–Trinajstić information content (AvgIpc) is 1.89. The summed E-state index contributed by atoms with van der Waals surface area (Å²) in [4.78, 5) is 4.92. The van der Waals surface area contributed by atoms with Crippen molar-refractivity contribution in [2.45, 2.75) is 26.4 Å². The second-order valence-electron chi connectivity index (χ2n) is 1.85. The lowest BCUT2D eigenvalue weighted by atomic mass is 10.3. The molecule has 3 heteroatoms. The SMILES string of the molecule is CCC(C)ON=CCN. The van der Waals surface area contributed by atoms with E-state index in [4.69, 9.17) is 10.6 Å². The first-order valence-corrected chi connectivity index (χ1v) is 3.19. The van der Waals surface area contributed by atoms with E-state index in [0.717, 1.165) is 6.42 Å². The van der Waals surface area contributed by atoms with E-state index in [0.29, 0.717) is 6.54 Å². The topological polar surface area (TPSA) is 47.6 Å². The minimum Gasteiger partial charge on any atom is -0.393 e. The lowest BCUT2D eigenvalue weighted by Crippen LogP contribution is -2.04. The van der Waals surface area contributed by atoms with Gasteiger partial charge in [-0.25, -0.2) is 0 Å². The first-order chi connectivity index (χ1) is 4.31. The highest BCUT2D eigenvalue weighted by atomic mass is 16.6. The highest BCUT2D eigenvalue weighted by Gasteiger charge is 1.93. The van der Waals surface area contributed by atoms with Crippen molar-refractivity contribution in [2.75, 3.05) is 6.54 Å². The van der Waals surface area contributed by atoms with Gasteiger partial charge in [0.15, 0.2) is 0 Å². The van der Waals surface area contributed by atoms with Gasteiger partial charge in [0, 0.05) is 6.54 Å². The molecule has 0 rings (SSSR count). The van der Waals surface area contributed by atoms with Crippen molar-refractivity contribution in [3.8, 4) is 0 Å². The van der Waals surface area contributed by atoms with Crippen molar-refractivity contribution in [3.05, 3.63) is 0 Å². The molecule has 9 heavy (non-hydrogen) atoms. The summed E-state index contributed by atoms with van der Waals surface area (Å²) in [6, 6.07) is 0. The molecule has 1 atom stereocenters. The van der Waals surface area contributed by atoms with E-state index in [2.05, 4.69) is 5.16 Å². The van der Waals surface area contributed by atoms with E-state index in [1.165, 1.54) is 0 Å². The van der Waals surface area contributed by atoms with Crippen molar-refractivity contribution >= 4 is 6.21 Å². The van der Waals surface area contributed by atoms with Gasteiger partial charge in [0.05, 0.1) is 6.21 Å². The van der Waals surface area contributed by atoms with Crippen molar-refractivity contribution in [1.82, 2.24) is 0 Å². The van der Waals surface area contributed by atoms with Crippen LogP contribution in [-0.4, -0.2) is 18.9 Å². The second-order valence-corrected chi connectivity index (χ2v) is 1.85.